The first-order valence-electron chi connectivity index (χ1n) is 8.66. The van der Waals surface area contributed by atoms with Crippen molar-refractivity contribution in [3.8, 4) is 23.0 Å². The van der Waals surface area contributed by atoms with Crippen LogP contribution in [0.1, 0.15) is 17.3 Å². The van der Waals surface area contributed by atoms with Crippen LogP contribution in [0.4, 0.5) is 5.69 Å². The number of para-hydroxylation sites is 2. The van der Waals surface area contributed by atoms with Crippen LogP contribution in [0.5, 0.6) is 23.0 Å². The topological polar surface area (TPSA) is 92.3 Å². The fourth-order valence-electron chi connectivity index (χ4n) is 2.66. The Morgan fingerprint density at radius 2 is 1.75 bits per heavy atom. The molecule has 28 heavy (non-hydrogen) atoms. The number of methoxy groups -OCH3 is 2. The molecule has 0 unspecified atom stereocenters. The van der Waals surface area contributed by atoms with Gasteiger partial charge in [0.15, 0.2) is 17.6 Å². The highest BCUT2D eigenvalue weighted by atomic mass is 16.6. The summed E-state index contributed by atoms with van der Waals surface area (Å²) in [6.45, 7) is 2.25. The first-order valence-corrected chi connectivity index (χ1v) is 8.66. The van der Waals surface area contributed by atoms with Crippen molar-refractivity contribution in [2.75, 3.05) is 32.8 Å². The number of hydrogen-bond donors (Lipinski definition) is 1. The molecule has 0 aliphatic carbocycles. The number of hydrogen-bond acceptors (Lipinski definition) is 7. The molecule has 0 saturated heterocycles. The van der Waals surface area contributed by atoms with E-state index in [0.29, 0.717) is 41.9 Å². The van der Waals surface area contributed by atoms with Crippen LogP contribution in [0, 0.1) is 0 Å². The van der Waals surface area contributed by atoms with Crippen molar-refractivity contribution in [2.24, 2.45) is 0 Å². The molecule has 1 aliphatic rings. The maximum Gasteiger partial charge on any atom is 0.339 e. The van der Waals surface area contributed by atoms with Crippen molar-refractivity contribution in [2.45, 2.75) is 13.0 Å². The van der Waals surface area contributed by atoms with E-state index in [1.54, 1.807) is 24.3 Å². The Balaban J connectivity index is 1.71. The van der Waals surface area contributed by atoms with E-state index in [2.05, 4.69) is 5.32 Å². The Bertz CT molecular complexity index is 864. The van der Waals surface area contributed by atoms with Gasteiger partial charge in [0.25, 0.3) is 5.91 Å². The third-order valence-electron chi connectivity index (χ3n) is 4.08. The maximum atomic E-state index is 12.5. The molecule has 0 radical (unpaired) electrons. The Kier molecular flexibility index (Phi) is 5.88. The normalized spacial score (nSPS) is 13.2. The van der Waals surface area contributed by atoms with Crippen molar-refractivity contribution in [3.63, 3.8) is 0 Å². The van der Waals surface area contributed by atoms with Gasteiger partial charge in [-0.15, -0.1) is 0 Å². The number of anilines is 1. The highest BCUT2D eigenvalue weighted by Crippen LogP contribution is 2.40. The van der Waals surface area contributed by atoms with Crippen LogP contribution in [0.15, 0.2) is 36.4 Å². The van der Waals surface area contributed by atoms with Crippen LogP contribution in [-0.2, 0) is 9.53 Å². The van der Waals surface area contributed by atoms with Crippen LogP contribution in [0.3, 0.4) is 0 Å². The van der Waals surface area contributed by atoms with E-state index in [-0.39, 0.29) is 5.56 Å². The van der Waals surface area contributed by atoms with Crippen molar-refractivity contribution in [1.29, 1.82) is 0 Å². The number of ether oxygens (including phenoxy) is 5. The summed E-state index contributed by atoms with van der Waals surface area (Å²) >= 11 is 0. The van der Waals surface area contributed by atoms with Crippen molar-refractivity contribution in [3.05, 3.63) is 42.0 Å². The summed E-state index contributed by atoms with van der Waals surface area (Å²) in [5.41, 5.74) is 0.678. The van der Waals surface area contributed by atoms with Gasteiger partial charge in [-0.2, -0.15) is 0 Å². The second kappa shape index (κ2) is 8.51. The maximum absolute atomic E-state index is 12.5. The number of esters is 1. The summed E-state index contributed by atoms with van der Waals surface area (Å²) in [6, 6.07) is 9.94. The van der Waals surface area contributed by atoms with Crippen molar-refractivity contribution in [1.82, 2.24) is 0 Å². The predicted octanol–water partition coefficient (Wildman–Crippen LogP) is 2.66. The average molecular weight is 387 g/mol. The summed E-state index contributed by atoms with van der Waals surface area (Å²) < 4.78 is 26.8. The molecule has 148 valence electrons. The first-order chi connectivity index (χ1) is 13.5. The molecule has 8 nitrogen and oxygen atoms in total. The molecule has 2 aromatic rings. The second-order valence-electron chi connectivity index (χ2n) is 5.94. The lowest BCUT2D eigenvalue weighted by molar-refractivity contribution is -0.123. The number of carbonyl (C=O) groups is 2. The third-order valence-corrected chi connectivity index (χ3v) is 4.08. The van der Waals surface area contributed by atoms with Crippen molar-refractivity contribution < 1.29 is 33.3 Å². The highest BCUT2D eigenvalue weighted by molar-refractivity contribution is 5.98. The lowest BCUT2D eigenvalue weighted by Crippen LogP contribution is -2.30. The minimum atomic E-state index is -1.03. The molecule has 1 atom stereocenters. The molecular formula is C20H21NO7. The number of benzene rings is 2. The molecule has 0 bridgehead atoms. The largest absolute Gasteiger partial charge is 0.495 e. The second-order valence-corrected chi connectivity index (χ2v) is 5.94. The van der Waals surface area contributed by atoms with Crippen LogP contribution >= 0.6 is 0 Å². The minimum absolute atomic E-state index is 0.193. The molecule has 1 heterocycles. The van der Waals surface area contributed by atoms with Gasteiger partial charge in [0, 0.05) is 0 Å². The highest BCUT2D eigenvalue weighted by Gasteiger charge is 2.24. The van der Waals surface area contributed by atoms with Crippen molar-refractivity contribution >= 4 is 17.6 Å². The van der Waals surface area contributed by atoms with Gasteiger partial charge in [-0.3, -0.25) is 4.79 Å². The molecule has 0 spiro atoms. The third kappa shape index (κ3) is 4.11. The van der Waals surface area contributed by atoms with Gasteiger partial charge in [0.1, 0.15) is 19.0 Å². The van der Waals surface area contributed by atoms with E-state index in [0.717, 1.165) is 0 Å². The Hall–Kier alpha value is -3.42. The van der Waals surface area contributed by atoms with E-state index < -0.39 is 18.0 Å². The quantitative estimate of drug-likeness (QED) is 0.762. The lowest BCUT2D eigenvalue weighted by Gasteiger charge is -2.21. The van der Waals surface area contributed by atoms with Gasteiger partial charge in [-0.05, 0) is 31.2 Å². The zero-order valence-corrected chi connectivity index (χ0v) is 15.8. The number of amides is 1. The summed E-state index contributed by atoms with van der Waals surface area (Å²) in [4.78, 5) is 24.9. The SMILES string of the molecule is COc1ccccc1NC(=O)[C@H](C)OC(=O)c1cc(OC)c2c(c1)OCCO2. The van der Waals surface area contributed by atoms with Gasteiger partial charge in [-0.1, -0.05) is 12.1 Å². The van der Waals surface area contributed by atoms with E-state index >= 15 is 0 Å². The number of nitrogens with one attached hydrogen (secondary N) is 1. The molecule has 1 aliphatic heterocycles. The Morgan fingerprint density at radius 3 is 2.50 bits per heavy atom. The molecule has 0 aromatic heterocycles. The zero-order chi connectivity index (χ0) is 20.1. The molecule has 1 amide bonds. The summed E-state index contributed by atoms with van der Waals surface area (Å²) in [5, 5.41) is 2.68. The molecule has 3 rings (SSSR count). The number of carbonyl (C=O) groups excluding carboxylic acids is 2. The summed E-state index contributed by atoms with van der Waals surface area (Å²) in [5.74, 6) is 0.525. The molecular weight excluding hydrogens is 366 g/mol. The van der Waals surface area contributed by atoms with E-state index in [9.17, 15) is 9.59 Å². The molecule has 1 N–H and O–H groups in total. The van der Waals surface area contributed by atoms with E-state index in [1.165, 1.54) is 33.3 Å². The van der Waals surface area contributed by atoms with Crippen LogP contribution < -0.4 is 24.3 Å². The van der Waals surface area contributed by atoms with E-state index in [4.69, 9.17) is 23.7 Å². The smallest absolute Gasteiger partial charge is 0.339 e. The van der Waals surface area contributed by atoms with Gasteiger partial charge in [0.05, 0.1) is 25.5 Å². The Morgan fingerprint density at radius 1 is 1.04 bits per heavy atom. The molecule has 8 heteroatoms. The van der Waals surface area contributed by atoms with Crippen LogP contribution in [-0.4, -0.2) is 45.4 Å². The van der Waals surface area contributed by atoms with Gasteiger partial charge < -0.3 is 29.0 Å². The molecule has 2 aromatic carbocycles. The number of rotatable bonds is 6. The standard InChI is InChI=1S/C20H21NO7/c1-12(19(22)21-14-6-4-5-7-15(14)24-2)28-20(23)13-10-16(25-3)18-17(11-13)26-8-9-27-18/h4-7,10-12H,8-9H2,1-3H3,(H,21,22)/t12-/m0/s1. The fraction of sp³-hybridized carbons (Fsp3) is 0.300. The lowest BCUT2D eigenvalue weighted by atomic mass is 10.1. The van der Waals surface area contributed by atoms with Gasteiger partial charge in [-0.25, -0.2) is 4.79 Å². The Labute approximate surface area is 162 Å². The monoisotopic (exact) mass is 387 g/mol. The van der Waals surface area contributed by atoms with Gasteiger partial charge >= 0.3 is 5.97 Å². The van der Waals surface area contributed by atoms with E-state index in [1.807, 2.05) is 0 Å². The zero-order valence-electron chi connectivity index (χ0n) is 15.8. The average Bonchev–Trinajstić information content (AvgIpc) is 2.73. The minimum Gasteiger partial charge on any atom is -0.495 e. The fourth-order valence-corrected chi connectivity index (χ4v) is 2.66. The number of fused-ring (bicyclic) bond motifs is 1. The predicted molar refractivity (Wildman–Crippen MR) is 100 cm³/mol. The van der Waals surface area contributed by atoms with Gasteiger partial charge in [0.2, 0.25) is 5.75 Å². The summed E-state index contributed by atoms with van der Waals surface area (Å²) in [7, 11) is 2.97. The summed E-state index contributed by atoms with van der Waals surface area (Å²) in [6.07, 6.45) is -1.03. The van der Waals surface area contributed by atoms with Crippen LogP contribution in [0.25, 0.3) is 0 Å². The molecule has 0 saturated carbocycles. The van der Waals surface area contributed by atoms with Crippen LogP contribution in [0.2, 0.25) is 0 Å². The first kappa shape index (κ1) is 19.3. The molecule has 0 fully saturated rings.